The molecule has 0 aliphatic heterocycles. The Morgan fingerprint density at radius 3 is 2.46 bits per heavy atom. The molecular weight excluding hydrogens is 164 g/mol. The van der Waals surface area contributed by atoms with Gasteiger partial charge in [-0.3, -0.25) is 4.79 Å². The molecule has 1 unspecified atom stereocenters. The molecule has 78 valence electrons. The lowest BCUT2D eigenvalue weighted by Crippen LogP contribution is -2.29. The first-order chi connectivity index (χ1) is 6.06. The summed E-state index contributed by atoms with van der Waals surface area (Å²) in [6, 6.07) is 0. The van der Waals surface area contributed by atoms with E-state index in [9.17, 15) is 4.79 Å². The fourth-order valence-corrected chi connectivity index (χ4v) is 1.12. The summed E-state index contributed by atoms with van der Waals surface area (Å²) in [7, 11) is 0. The highest BCUT2D eigenvalue weighted by atomic mass is 16.1. The van der Waals surface area contributed by atoms with Crippen LogP contribution in [0, 0.1) is 11.8 Å². The maximum atomic E-state index is 11.2. The van der Waals surface area contributed by atoms with E-state index < -0.39 is 0 Å². The van der Waals surface area contributed by atoms with Gasteiger partial charge in [0.05, 0.1) is 0 Å². The third-order valence-corrected chi connectivity index (χ3v) is 1.90. The molecule has 0 aromatic rings. The molecule has 0 saturated heterocycles. The van der Waals surface area contributed by atoms with Crippen LogP contribution in [0.2, 0.25) is 0 Å². The minimum Gasteiger partial charge on any atom is -0.356 e. The summed E-state index contributed by atoms with van der Waals surface area (Å²) in [5, 5.41) is 2.90. The van der Waals surface area contributed by atoms with Crippen LogP contribution in [-0.4, -0.2) is 19.0 Å². The van der Waals surface area contributed by atoms with Crippen LogP contribution in [-0.2, 0) is 4.79 Å². The summed E-state index contributed by atoms with van der Waals surface area (Å²) < 4.78 is 0. The number of hydrogen-bond acceptors (Lipinski definition) is 2. The topological polar surface area (TPSA) is 55.1 Å². The van der Waals surface area contributed by atoms with Crippen molar-refractivity contribution in [2.24, 2.45) is 17.6 Å². The van der Waals surface area contributed by atoms with E-state index in [1.807, 2.05) is 13.8 Å². The Balaban J connectivity index is 3.46. The number of rotatable bonds is 6. The molecule has 1 amide bonds. The average molecular weight is 186 g/mol. The quantitative estimate of drug-likeness (QED) is 0.653. The Morgan fingerprint density at radius 1 is 1.38 bits per heavy atom. The van der Waals surface area contributed by atoms with Gasteiger partial charge in [-0.05, 0) is 24.8 Å². The van der Waals surface area contributed by atoms with Crippen molar-refractivity contribution >= 4 is 5.91 Å². The highest BCUT2D eigenvalue weighted by molar-refractivity contribution is 5.75. The molecule has 13 heavy (non-hydrogen) atoms. The fourth-order valence-electron chi connectivity index (χ4n) is 1.12. The molecule has 0 aliphatic rings. The van der Waals surface area contributed by atoms with E-state index in [1.54, 1.807) is 0 Å². The molecule has 0 aromatic carbocycles. The Morgan fingerprint density at radius 2 is 2.00 bits per heavy atom. The monoisotopic (exact) mass is 186 g/mol. The number of nitrogens with one attached hydrogen (secondary N) is 1. The van der Waals surface area contributed by atoms with Crippen molar-refractivity contribution in [3.63, 3.8) is 0 Å². The summed E-state index contributed by atoms with van der Waals surface area (Å²) in [5.74, 6) is 1.07. The van der Waals surface area contributed by atoms with Gasteiger partial charge in [0, 0.05) is 13.0 Å². The van der Waals surface area contributed by atoms with Gasteiger partial charge in [-0.15, -0.1) is 0 Å². The van der Waals surface area contributed by atoms with Gasteiger partial charge in [-0.2, -0.15) is 0 Å². The molecule has 0 heterocycles. The zero-order valence-electron chi connectivity index (χ0n) is 8.97. The van der Waals surface area contributed by atoms with E-state index in [0.29, 0.717) is 24.8 Å². The highest BCUT2D eigenvalue weighted by Gasteiger charge is 2.06. The molecular formula is C10H22N2O. The van der Waals surface area contributed by atoms with E-state index in [4.69, 9.17) is 5.73 Å². The molecule has 0 aromatic heterocycles. The Labute approximate surface area is 81.1 Å². The van der Waals surface area contributed by atoms with Crippen molar-refractivity contribution in [1.29, 1.82) is 0 Å². The van der Waals surface area contributed by atoms with Gasteiger partial charge in [0.2, 0.25) is 5.91 Å². The lowest BCUT2D eigenvalue weighted by molar-refractivity contribution is -0.121. The smallest absolute Gasteiger partial charge is 0.220 e. The number of nitrogens with two attached hydrogens (primary N) is 1. The van der Waals surface area contributed by atoms with E-state index in [1.165, 1.54) is 0 Å². The fraction of sp³-hybridized carbons (Fsp3) is 0.900. The normalized spacial score (nSPS) is 13.0. The first kappa shape index (κ1) is 12.4. The highest BCUT2D eigenvalue weighted by Crippen LogP contribution is 2.00. The Hall–Kier alpha value is -0.570. The van der Waals surface area contributed by atoms with Crippen LogP contribution in [0.25, 0.3) is 0 Å². The predicted molar refractivity (Wildman–Crippen MR) is 55.3 cm³/mol. The molecule has 0 radical (unpaired) electrons. The first-order valence-corrected chi connectivity index (χ1v) is 5.03. The SMILES string of the molecule is CC(C)CC(=O)NCC(C)CCN. The molecule has 0 rings (SSSR count). The molecule has 0 fully saturated rings. The second-order valence-electron chi connectivity index (χ2n) is 4.08. The molecule has 0 aliphatic carbocycles. The number of carbonyl (C=O) groups excluding carboxylic acids is 1. The van der Waals surface area contributed by atoms with Crippen molar-refractivity contribution in [2.45, 2.75) is 33.6 Å². The van der Waals surface area contributed by atoms with E-state index in [0.717, 1.165) is 13.0 Å². The summed E-state index contributed by atoms with van der Waals surface area (Å²) in [6.07, 6.45) is 1.59. The van der Waals surface area contributed by atoms with Gasteiger partial charge < -0.3 is 11.1 Å². The number of hydrogen-bond donors (Lipinski definition) is 2. The van der Waals surface area contributed by atoms with E-state index in [2.05, 4.69) is 12.2 Å². The molecule has 0 bridgehead atoms. The van der Waals surface area contributed by atoms with Gasteiger partial charge in [-0.25, -0.2) is 0 Å². The molecule has 1 atom stereocenters. The van der Waals surface area contributed by atoms with Crippen molar-refractivity contribution in [3.05, 3.63) is 0 Å². The first-order valence-electron chi connectivity index (χ1n) is 5.03. The summed E-state index contributed by atoms with van der Waals surface area (Å²) in [5.41, 5.74) is 5.40. The summed E-state index contributed by atoms with van der Waals surface area (Å²) in [6.45, 7) is 7.64. The molecule has 0 spiro atoms. The Bertz CT molecular complexity index is 146. The minimum atomic E-state index is 0.152. The predicted octanol–water partition coefficient (Wildman–Crippen LogP) is 1.13. The van der Waals surface area contributed by atoms with E-state index in [-0.39, 0.29) is 5.91 Å². The molecule has 3 nitrogen and oxygen atoms in total. The lowest BCUT2D eigenvalue weighted by atomic mass is 10.1. The summed E-state index contributed by atoms with van der Waals surface area (Å²) in [4.78, 5) is 11.2. The lowest BCUT2D eigenvalue weighted by Gasteiger charge is -2.12. The van der Waals surface area contributed by atoms with Crippen molar-refractivity contribution < 1.29 is 4.79 Å². The van der Waals surface area contributed by atoms with Crippen LogP contribution in [0.4, 0.5) is 0 Å². The maximum absolute atomic E-state index is 11.2. The minimum absolute atomic E-state index is 0.152. The van der Waals surface area contributed by atoms with E-state index >= 15 is 0 Å². The zero-order valence-corrected chi connectivity index (χ0v) is 8.97. The van der Waals surface area contributed by atoms with Crippen LogP contribution < -0.4 is 11.1 Å². The van der Waals surface area contributed by atoms with Crippen molar-refractivity contribution in [2.75, 3.05) is 13.1 Å². The van der Waals surface area contributed by atoms with Gasteiger partial charge >= 0.3 is 0 Å². The van der Waals surface area contributed by atoms with Crippen LogP contribution in [0.5, 0.6) is 0 Å². The van der Waals surface area contributed by atoms with Crippen LogP contribution >= 0.6 is 0 Å². The standard InChI is InChI=1S/C10H22N2O/c1-8(2)6-10(13)12-7-9(3)4-5-11/h8-9H,4-7,11H2,1-3H3,(H,12,13). The van der Waals surface area contributed by atoms with Gasteiger partial charge in [0.1, 0.15) is 0 Å². The largest absolute Gasteiger partial charge is 0.356 e. The van der Waals surface area contributed by atoms with Crippen molar-refractivity contribution in [1.82, 2.24) is 5.32 Å². The van der Waals surface area contributed by atoms with Crippen molar-refractivity contribution in [3.8, 4) is 0 Å². The zero-order chi connectivity index (χ0) is 10.3. The maximum Gasteiger partial charge on any atom is 0.220 e. The Kier molecular flexibility index (Phi) is 6.59. The second-order valence-corrected chi connectivity index (χ2v) is 4.08. The van der Waals surface area contributed by atoms with Crippen LogP contribution in [0.15, 0.2) is 0 Å². The van der Waals surface area contributed by atoms with Crippen LogP contribution in [0.1, 0.15) is 33.6 Å². The molecule has 0 saturated carbocycles. The second kappa shape index (κ2) is 6.89. The third kappa shape index (κ3) is 7.78. The van der Waals surface area contributed by atoms with Crippen LogP contribution in [0.3, 0.4) is 0 Å². The summed E-state index contributed by atoms with van der Waals surface area (Å²) >= 11 is 0. The van der Waals surface area contributed by atoms with Gasteiger partial charge in [-0.1, -0.05) is 20.8 Å². The number of amides is 1. The van der Waals surface area contributed by atoms with Gasteiger partial charge in [0.15, 0.2) is 0 Å². The number of carbonyl (C=O) groups is 1. The average Bonchev–Trinajstić information content (AvgIpc) is 2.00. The van der Waals surface area contributed by atoms with Gasteiger partial charge in [0.25, 0.3) is 0 Å². The third-order valence-electron chi connectivity index (χ3n) is 1.90. The molecule has 3 heteroatoms. The molecule has 3 N–H and O–H groups in total.